The van der Waals surface area contributed by atoms with E-state index in [9.17, 15) is 0 Å². The maximum Gasteiger partial charge on any atom is 0.160 e. The van der Waals surface area contributed by atoms with E-state index < -0.39 is 0 Å². The van der Waals surface area contributed by atoms with E-state index in [4.69, 9.17) is 19.4 Å². The van der Waals surface area contributed by atoms with Crippen LogP contribution in [0.2, 0.25) is 0 Å². The van der Waals surface area contributed by atoms with Crippen molar-refractivity contribution in [2.45, 2.75) is 0 Å². The molecule has 0 saturated carbocycles. The van der Waals surface area contributed by atoms with Crippen molar-refractivity contribution in [3.05, 3.63) is 224 Å². The Morgan fingerprint density at radius 3 is 1.40 bits per heavy atom. The van der Waals surface area contributed by atoms with Gasteiger partial charge in [-0.2, -0.15) is 0 Å². The van der Waals surface area contributed by atoms with Gasteiger partial charge in [-0.3, -0.25) is 0 Å². The fraction of sp³-hybridized carbons (Fsp3) is 0. The molecule has 0 radical (unpaired) electrons. The summed E-state index contributed by atoms with van der Waals surface area (Å²) in [6.07, 6.45) is 0. The normalized spacial score (nSPS) is 11.5. The SMILES string of the molecule is c1ccc(-c2ccc(-c3nc(-c4ccccc4)nc(-c4ccc(-c5ccccc5)cc4)c3-c3cccc(-c4nc5ccccc5c5c4ccc4c6ccccc6oc45)c3)cc2)cc1. The molecule has 0 bridgehead atoms. The summed E-state index contributed by atoms with van der Waals surface area (Å²) in [4.78, 5) is 16.3. The second-order valence-electron chi connectivity index (χ2n) is 15.9. The number of aromatic nitrogens is 3. The topological polar surface area (TPSA) is 51.8 Å². The molecule has 3 heterocycles. The van der Waals surface area contributed by atoms with Crippen LogP contribution in [0, 0.1) is 0 Å². The van der Waals surface area contributed by atoms with Gasteiger partial charge in [0.2, 0.25) is 0 Å². The highest BCUT2D eigenvalue weighted by Gasteiger charge is 2.23. The molecule has 0 unspecified atom stereocenters. The average Bonchev–Trinajstić information content (AvgIpc) is 3.76. The van der Waals surface area contributed by atoms with Gasteiger partial charge in [-0.25, -0.2) is 15.0 Å². The zero-order valence-corrected chi connectivity index (χ0v) is 34.1. The number of rotatable bonds is 7. The lowest BCUT2D eigenvalue weighted by Gasteiger charge is -2.18. The Morgan fingerprint density at radius 1 is 0.286 bits per heavy atom. The van der Waals surface area contributed by atoms with Crippen LogP contribution in [0.15, 0.2) is 229 Å². The molecule has 0 aliphatic heterocycles. The standard InChI is InChI=1S/C59H37N3O/c1-4-15-38(16-5-1)40-27-31-42(32-28-40)56-53(57(62-59(61-56)44-19-8-3-9-20-44)43-33-29-41(30-34-43)39-17-6-2-7-18-39)45-21-14-22-46(37-45)55-50-36-35-48-47-23-11-13-26-52(47)63-58(48)54(50)49-24-10-12-25-51(49)60-55/h1-37H. The summed E-state index contributed by atoms with van der Waals surface area (Å²) in [5, 5.41) is 5.34. The molecule has 4 nitrogen and oxygen atoms in total. The molecule has 0 saturated heterocycles. The van der Waals surface area contributed by atoms with Gasteiger partial charge in [0.1, 0.15) is 11.2 Å². The van der Waals surface area contributed by atoms with Crippen LogP contribution in [-0.2, 0) is 0 Å². The van der Waals surface area contributed by atoms with Crippen LogP contribution in [0.3, 0.4) is 0 Å². The van der Waals surface area contributed by atoms with Gasteiger partial charge < -0.3 is 4.42 Å². The number of nitrogens with zero attached hydrogens (tertiary/aromatic N) is 3. The van der Waals surface area contributed by atoms with E-state index in [-0.39, 0.29) is 0 Å². The molecule has 3 aromatic heterocycles. The molecule has 0 aliphatic carbocycles. The van der Waals surface area contributed by atoms with Crippen molar-refractivity contribution in [1.82, 2.24) is 15.0 Å². The first-order valence-electron chi connectivity index (χ1n) is 21.3. The largest absolute Gasteiger partial charge is 0.455 e. The highest BCUT2D eigenvalue weighted by Crippen LogP contribution is 2.44. The summed E-state index contributed by atoms with van der Waals surface area (Å²) >= 11 is 0. The molecule has 0 fully saturated rings. The zero-order valence-electron chi connectivity index (χ0n) is 34.1. The Morgan fingerprint density at radius 2 is 0.762 bits per heavy atom. The Balaban J connectivity index is 1.11. The van der Waals surface area contributed by atoms with Gasteiger partial charge >= 0.3 is 0 Å². The quantitative estimate of drug-likeness (QED) is 0.151. The first-order chi connectivity index (χ1) is 31.2. The summed E-state index contributed by atoms with van der Waals surface area (Å²) in [6, 6.07) is 78.5. The number of fused-ring (bicyclic) bond motifs is 7. The van der Waals surface area contributed by atoms with Gasteiger partial charge in [-0.15, -0.1) is 0 Å². The smallest absolute Gasteiger partial charge is 0.160 e. The molecule has 9 aromatic carbocycles. The zero-order chi connectivity index (χ0) is 41.7. The predicted octanol–water partition coefficient (Wildman–Crippen LogP) is 15.7. The Kier molecular flexibility index (Phi) is 8.79. The molecule has 0 spiro atoms. The van der Waals surface area contributed by atoms with Crippen molar-refractivity contribution in [3.63, 3.8) is 0 Å². The van der Waals surface area contributed by atoms with Crippen molar-refractivity contribution in [2.24, 2.45) is 0 Å². The van der Waals surface area contributed by atoms with E-state index in [1.165, 1.54) is 11.1 Å². The van der Waals surface area contributed by atoms with Crippen LogP contribution in [-0.4, -0.2) is 15.0 Å². The van der Waals surface area contributed by atoms with E-state index in [0.717, 1.165) is 105 Å². The number of para-hydroxylation sites is 2. The average molecular weight is 804 g/mol. The highest BCUT2D eigenvalue weighted by atomic mass is 16.3. The summed E-state index contributed by atoms with van der Waals surface area (Å²) in [5.41, 5.74) is 15.7. The lowest BCUT2D eigenvalue weighted by molar-refractivity contribution is 0.673. The van der Waals surface area contributed by atoms with Gasteiger partial charge in [-0.05, 0) is 52.1 Å². The minimum absolute atomic E-state index is 0.664. The van der Waals surface area contributed by atoms with E-state index in [1.807, 2.05) is 42.5 Å². The molecule has 294 valence electrons. The Labute approximate surface area is 364 Å². The first kappa shape index (κ1) is 36.4. The maximum atomic E-state index is 6.66. The van der Waals surface area contributed by atoms with Gasteiger partial charge in [0.15, 0.2) is 5.82 Å². The third kappa shape index (κ3) is 6.44. The second-order valence-corrected chi connectivity index (χ2v) is 15.9. The number of hydrogen-bond donors (Lipinski definition) is 0. The molecule has 12 rings (SSSR count). The molecular weight excluding hydrogens is 767 g/mol. The fourth-order valence-corrected chi connectivity index (χ4v) is 9.03. The summed E-state index contributed by atoms with van der Waals surface area (Å²) in [6.45, 7) is 0. The van der Waals surface area contributed by atoms with Crippen molar-refractivity contribution >= 4 is 43.6 Å². The lowest BCUT2D eigenvalue weighted by atomic mass is 9.91. The van der Waals surface area contributed by atoms with E-state index >= 15 is 0 Å². The van der Waals surface area contributed by atoms with Crippen LogP contribution in [0.5, 0.6) is 0 Å². The lowest BCUT2D eigenvalue weighted by Crippen LogP contribution is -2.01. The monoisotopic (exact) mass is 803 g/mol. The number of benzene rings is 9. The summed E-state index contributed by atoms with van der Waals surface area (Å²) < 4.78 is 6.66. The third-order valence-electron chi connectivity index (χ3n) is 12.1. The van der Waals surface area contributed by atoms with Gasteiger partial charge in [-0.1, -0.05) is 200 Å². The third-order valence-corrected chi connectivity index (χ3v) is 12.1. The highest BCUT2D eigenvalue weighted by molar-refractivity contribution is 6.24. The van der Waals surface area contributed by atoms with Gasteiger partial charge in [0.05, 0.1) is 22.6 Å². The number of hydrogen-bond acceptors (Lipinski definition) is 4. The minimum Gasteiger partial charge on any atom is -0.455 e. The summed E-state index contributed by atoms with van der Waals surface area (Å²) in [7, 11) is 0. The van der Waals surface area contributed by atoms with Gasteiger partial charge in [0.25, 0.3) is 0 Å². The van der Waals surface area contributed by atoms with Crippen LogP contribution < -0.4 is 0 Å². The first-order valence-corrected chi connectivity index (χ1v) is 21.3. The Hall–Kier alpha value is -8.47. The van der Waals surface area contributed by atoms with Crippen molar-refractivity contribution in [1.29, 1.82) is 0 Å². The van der Waals surface area contributed by atoms with E-state index in [1.54, 1.807) is 0 Å². The molecule has 63 heavy (non-hydrogen) atoms. The van der Waals surface area contributed by atoms with E-state index in [2.05, 4.69) is 182 Å². The van der Waals surface area contributed by atoms with Crippen molar-refractivity contribution in [3.8, 4) is 78.5 Å². The molecule has 0 atom stereocenters. The predicted molar refractivity (Wildman–Crippen MR) is 260 cm³/mol. The molecule has 0 amide bonds. The molecule has 0 aliphatic rings. The summed E-state index contributed by atoms with van der Waals surface area (Å²) in [5.74, 6) is 0.664. The van der Waals surface area contributed by atoms with Crippen LogP contribution in [0.1, 0.15) is 0 Å². The van der Waals surface area contributed by atoms with Crippen molar-refractivity contribution in [2.75, 3.05) is 0 Å². The van der Waals surface area contributed by atoms with Crippen LogP contribution in [0.25, 0.3) is 122 Å². The maximum absolute atomic E-state index is 6.66. The molecule has 12 aromatic rings. The number of furan rings is 1. The van der Waals surface area contributed by atoms with Gasteiger partial charge in [0, 0.05) is 54.7 Å². The van der Waals surface area contributed by atoms with Crippen molar-refractivity contribution < 1.29 is 4.42 Å². The molecule has 0 N–H and O–H groups in total. The minimum atomic E-state index is 0.664. The van der Waals surface area contributed by atoms with E-state index in [0.29, 0.717) is 5.82 Å². The number of pyridine rings is 1. The fourth-order valence-electron chi connectivity index (χ4n) is 9.03. The second kappa shape index (κ2) is 15.2. The molecule has 4 heteroatoms. The van der Waals surface area contributed by atoms with Crippen LogP contribution >= 0.6 is 0 Å². The van der Waals surface area contributed by atoms with Crippen LogP contribution in [0.4, 0.5) is 0 Å². The molecular formula is C59H37N3O. The Bertz CT molecular complexity index is 3530.